The molecule has 0 radical (unpaired) electrons. The minimum absolute atomic E-state index is 0.0921. The monoisotopic (exact) mass is 321 g/mol. The van der Waals surface area contributed by atoms with Gasteiger partial charge in [0.15, 0.2) is 0 Å². The number of amides is 2. The van der Waals surface area contributed by atoms with Crippen LogP contribution in [0.15, 0.2) is 18.3 Å². The molecule has 7 heteroatoms. The number of aromatic nitrogens is 1. The maximum absolute atomic E-state index is 13.2. The molecule has 6 nitrogen and oxygen atoms in total. The van der Waals surface area contributed by atoms with E-state index in [9.17, 15) is 14.0 Å². The molecule has 2 fully saturated rings. The van der Waals surface area contributed by atoms with E-state index >= 15 is 0 Å². The van der Waals surface area contributed by atoms with Gasteiger partial charge in [-0.15, -0.1) is 0 Å². The fourth-order valence-electron chi connectivity index (χ4n) is 3.42. The van der Waals surface area contributed by atoms with E-state index in [1.54, 1.807) is 12.0 Å². The fourth-order valence-corrected chi connectivity index (χ4v) is 3.42. The predicted octanol–water partition coefficient (Wildman–Crippen LogP) is 0.788. The Kier molecular flexibility index (Phi) is 4.56. The molecule has 0 unspecified atom stereocenters. The van der Waals surface area contributed by atoms with Gasteiger partial charge in [-0.3, -0.25) is 9.59 Å². The topological polar surface area (TPSA) is 62.7 Å². The Morgan fingerprint density at radius 1 is 1.48 bits per heavy atom. The second-order valence-corrected chi connectivity index (χ2v) is 6.05. The van der Waals surface area contributed by atoms with Gasteiger partial charge < -0.3 is 14.5 Å². The zero-order valence-electron chi connectivity index (χ0n) is 13.1. The van der Waals surface area contributed by atoms with Crippen molar-refractivity contribution in [1.82, 2.24) is 14.8 Å². The normalized spacial score (nSPS) is 24.0. The van der Waals surface area contributed by atoms with Crippen LogP contribution in [0.5, 0.6) is 0 Å². The number of fused-ring (bicyclic) bond motifs is 1. The molecule has 0 saturated carbocycles. The van der Waals surface area contributed by atoms with Crippen molar-refractivity contribution in [3.05, 3.63) is 29.8 Å². The van der Waals surface area contributed by atoms with Crippen LogP contribution in [0.4, 0.5) is 4.39 Å². The van der Waals surface area contributed by atoms with Crippen LogP contribution < -0.4 is 0 Å². The van der Waals surface area contributed by atoms with Gasteiger partial charge in [0.25, 0.3) is 5.91 Å². The van der Waals surface area contributed by atoms with E-state index in [1.165, 1.54) is 12.3 Å². The number of pyridine rings is 1. The van der Waals surface area contributed by atoms with Gasteiger partial charge in [-0.1, -0.05) is 0 Å². The summed E-state index contributed by atoms with van der Waals surface area (Å²) >= 11 is 0. The first-order valence-electron chi connectivity index (χ1n) is 7.78. The second-order valence-electron chi connectivity index (χ2n) is 6.05. The molecule has 2 saturated heterocycles. The van der Waals surface area contributed by atoms with E-state index in [4.69, 9.17) is 4.74 Å². The maximum Gasteiger partial charge on any atom is 0.254 e. The fraction of sp³-hybridized carbons (Fsp3) is 0.562. The van der Waals surface area contributed by atoms with Crippen molar-refractivity contribution in [2.24, 2.45) is 11.8 Å². The largest absolute Gasteiger partial charge is 0.383 e. The van der Waals surface area contributed by atoms with E-state index in [0.29, 0.717) is 32.8 Å². The quantitative estimate of drug-likeness (QED) is 0.769. The van der Waals surface area contributed by atoms with Crippen LogP contribution in [0.3, 0.4) is 0 Å². The summed E-state index contributed by atoms with van der Waals surface area (Å²) in [6.45, 7) is 2.76. The minimum Gasteiger partial charge on any atom is -0.383 e. The second kappa shape index (κ2) is 6.62. The highest BCUT2D eigenvalue weighted by Gasteiger charge is 2.44. The van der Waals surface area contributed by atoms with Gasteiger partial charge in [-0.05, 0) is 18.4 Å². The molecule has 3 heterocycles. The summed E-state index contributed by atoms with van der Waals surface area (Å²) in [6, 6.07) is 2.64. The molecule has 124 valence electrons. The molecule has 0 aliphatic carbocycles. The molecule has 0 bridgehead atoms. The van der Waals surface area contributed by atoms with E-state index in [0.717, 1.165) is 12.5 Å². The lowest BCUT2D eigenvalue weighted by Crippen LogP contribution is -2.46. The van der Waals surface area contributed by atoms with Crippen molar-refractivity contribution < 1.29 is 18.7 Å². The first kappa shape index (κ1) is 15.9. The summed E-state index contributed by atoms with van der Waals surface area (Å²) in [5, 5.41) is 0. The van der Waals surface area contributed by atoms with Crippen LogP contribution in [-0.4, -0.2) is 66.5 Å². The van der Waals surface area contributed by atoms with E-state index in [-0.39, 0.29) is 29.2 Å². The zero-order valence-corrected chi connectivity index (χ0v) is 13.1. The van der Waals surface area contributed by atoms with Gasteiger partial charge in [0.1, 0.15) is 0 Å². The molecule has 2 atom stereocenters. The van der Waals surface area contributed by atoms with Crippen molar-refractivity contribution in [2.75, 3.05) is 39.9 Å². The van der Waals surface area contributed by atoms with Crippen LogP contribution in [-0.2, 0) is 9.53 Å². The zero-order chi connectivity index (χ0) is 16.4. The number of piperidine rings is 1. The average molecular weight is 321 g/mol. The van der Waals surface area contributed by atoms with E-state index < -0.39 is 5.95 Å². The highest BCUT2D eigenvalue weighted by molar-refractivity contribution is 5.95. The molecule has 2 amide bonds. The van der Waals surface area contributed by atoms with Crippen molar-refractivity contribution in [1.29, 1.82) is 0 Å². The number of rotatable bonds is 4. The van der Waals surface area contributed by atoms with Crippen molar-refractivity contribution in [2.45, 2.75) is 6.42 Å². The summed E-state index contributed by atoms with van der Waals surface area (Å²) in [5.41, 5.74) is 0.278. The average Bonchev–Trinajstić information content (AvgIpc) is 2.98. The number of likely N-dealkylation sites (tertiary alicyclic amines) is 2. The molecular formula is C16H20FN3O3. The van der Waals surface area contributed by atoms with Crippen molar-refractivity contribution in [3.63, 3.8) is 0 Å². The molecule has 1 aromatic heterocycles. The van der Waals surface area contributed by atoms with Gasteiger partial charge >= 0.3 is 0 Å². The number of ether oxygens (including phenoxy) is 1. The highest BCUT2D eigenvalue weighted by atomic mass is 19.1. The Balaban J connectivity index is 1.68. The summed E-state index contributed by atoms with van der Waals surface area (Å²) in [5.74, 6) is -0.783. The van der Waals surface area contributed by atoms with Crippen LogP contribution in [0, 0.1) is 17.8 Å². The molecule has 2 aliphatic heterocycles. The number of carbonyl (C=O) groups excluding carboxylic acids is 2. The Hall–Kier alpha value is -2.02. The van der Waals surface area contributed by atoms with Gasteiger partial charge in [0.2, 0.25) is 11.9 Å². The molecule has 1 aromatic rings. The number of halogens is 1. The smallest absolute Gasteiger partial charge is 0.254 e. The molecule has 0 spiro atoms. The SMILES string of the molecule is COCCN1CC[C@@H]2CN(C(=O)c3ccnc(F)c3)C[C@H]2C1=O. The van der Waals surface area contributed by atoms with Crippen LogP contribution in [0.1, 0.15) is 16.8 Å². The molecule has 2 aliphatic rings. The Bertz CT molecular complexity index is 610. The third-order valence-corrected chi connectivity index (χ3v) is 4.67. The third kappa shape index (κ3) is 3.19. The van der Waals surface area contributed by atoms with Crippen LogP contribution in [0.2, 0.25) is 0 Å². The molecule has 23 heavy (non-hydrogen) atoms. The van der Waals surface area contributed by atoms with Crippen LogP contribution >= 0.6 is 0 Å². The van der Waals surface area contributed by atoms with Gasteiger partial charge in [0.05, 0.1) is 12.5 Å². The molecule has 0 N–H and O–H groups in total. The number of hydrogen-bond acceptors (Lipinski definition) is 4. The highest BCUT2D eigenvalue weighted by Crippen LogP contribution is 2.32. The number of methoxy groups -OCH3 is 1. The first-order valence-corrected chi connectivity index (χ1v) is 7.78. The predicted molar refractivity (Wildman–Crippen MR) is 80.2 cm³/mol. The Morgan fingerprint density at radius 3 is 3.04 bits per heavy atom. The molecular weight excluding hydrogens is 301 g/mol. The summed E-state index contributed by atoms with van der Waals surface area (Å²) in [4.78, 5) is 31.9. The van der Waals surface area contributed by atoms with E-state index in [1.807, 2.05) is 4.90 Å². The van der Waals surface area contributed by atoms with E-state index in [2.05, 4.69) is 4.98 Å². The third-order valence-electron chi connectivity index (χ3n) is 4.67. The maximum atomic E-state index is 13.2. The molecule has 3 rings (SSSR count). The standard InChI is InChI=1S/C16H20FN3O3/c1-23-7-6-19-5-3-12-9-20(10-13(12)16(19)22)15(21)11-2-4-18-14(17)8-11/h2,4,8,12-13H,3,5-7,9-10H2,1H3/t12-,13-/m1/s1. The van der Waals surface area contributed by atoms with Crippen molar-refractivity contribution >= 4 is 11.8 Å². The molecule has 0 aromatic carbocycles. The van der Waals surface area contributed by atoms with Gasteiger partial charge in [-0.2, -0.15) is 4.39 Å². The Labute approximate surface area is 134 Å². The Morgan fingerprint density at radius 2 is 2.30 bits per heavy atom. The first-order chi connectivity index (χ1) is 11.1. The van der Waals surface area contributed by atoms with Crippen molar-refractivity contribution in [3.8, 4) is 0 Å². The van der Waals surface area contributed by atoms with Gasteiger partial charge in [-0.25, -0.2) is 4.98 Å². The lowest BCUT2D eigenvalue weighted by molar-refractivity contribution is -0.140. The lowest BCUT2D eigenvalue weighted by atomic mass is 9.88. The van der Waals surface area contributed by atoms with Crippen LogP contribution in [0.25, 0.3) is 0 Å². The lowest BCUT2D eigenvalue weighted by Gasteiger charge is -2.33. The summed E-state index contributed by atoms with van der Waals surface area (Å²) < 4.78 is 18.2. The van der Waals surface area contributed by atoms with Gasteiger partial charge in [0, 0.05) is 51.1 Å². The number of nitrogens with zero attached hydrogens (tertiary/aromatic N) is 3. The number of carbonyl (C=O) groups is 2. The minimum atomic E-state index is -0.672. The number of hydrogen-bond donors (Lipinski definition) is 0. The summed E-state index contributed by atoms with van der Waals surface area (Å²) in [7, 11) is 1.61. The summed E-state index contributed by atoms with van der Waals surface area (Å²) in [6.07, 6.45) is 2.16.